The van der Waals surface area contributed by atoms with Crippen molar-refractivity contribution in [2.45, 2.75) is 6.42 Å². The number of aromatic nitrogens is 1. The van der Waals surface area contributed by atoms with Crippen molar-refractivity contribution in [1.29, 1.82) is 0 Å². The summed E-state index contributed by atoms with van der Waals surface area (Å²) in [4.78, 5) is 15.9. The summed E-state index contributed by atoms with van der Waals surface area (Å²) in [6, 6.07) is 5.52. The van der Waals surface area contributed by atoms with Crippen LogP contribution in [0.25, 0.3) is 0 Å². The van der Waals surface area contributed by atoms with Gasteiger partial charge >= 0.3 is 0 Å². The number of nitrogens with one attached hydrogen (secondary N) is 2. The molecule has 94 valence electrons. The summed E-state index contributed by atoms with van der Waals surface area (Å²) in [6.45, 7) is 0.646. The van der Waals surface area contributed by atoms with E-state index in [0.29, 0.717) is 17.9 Å². The Bertz CT molecular complexity index is 511. The van der Waals surface area contributed by atoms with E-state index in [1.54, 1.807) is 36.7 Å². The van der Waals surface area contributed by atoms with Gasteiger partial charge in [0, 0.05) is 25.4 Å². The Hall–Kier alpha value is -1.88. The molecule has 0 bridgehead atoms. The highest BCUT2D eigenvalue weighted by Gasteiger charge is 2.05. The molecule has 0 saturated heterocycles. The molecular formula is C13H15N3OS. The molecule has 0 radical (unpaired) electrons. The van der Waals surface area contributed by atoms with E-state index in [1.807, 2.05) is 5.38 Å². The molecule has 0 aliphatic carbocycles. The number of thiophene rings is 1. The van der Waals surface area contributed by atoms with Crippen LogP contribution in [0.3, 0.4) is 0 Å². The predicted octanol–water partition coefficient (Wildman–Crippen LogP) is 2.16. The summed E-state index contributed by atoms with van der Waals surface area (Å²) < 4.78 is 0. The van der Waals surface area contributed by atoms with Crippen molar-refractivity contribution >= 4 is 23.1 Å². The maximum Gasteiger partial charge on any atom is 0.251 e. The van der Waals surface area contributed by atoms with Crippen LogP contribution in [0, 0.1) is 0 Å². The van der Waals surface area contributed by atoms with Crippen LogP contribution in [-0.4, -0.2) is 24.5 Å². The molecule has 18 heavy (non-hydrogen) atoms. The first kappa shape index (κ1) is 12.6. The highest BCUT2D eigenvalue weighted by atomic mass is 32.1. The minimum Gasteiger partial charge on any atom is -0.373 e. The first-order valence-corrected chi connectivity index (χ1v) is 6.67. The zero-order chi connectivity index (χ0) is 12.8. The lowest BCUT2D eigenvalue weighted by Crippen LogP contribution is -2.25. The van der Waals surface area contributed by atoms with Crippen molar-refractivity contribution in [1.82, 2.24) is 10.3 Å². The molecule has 4 nitrogen and oxygen atoms in total. The van der Waals surface area contributed by atoms with Gasteiger partial charge in [0.15, 0.2) is 0 Å². The van der Waals surface area contributed by atoms with E-state index in [0.717, 1.165) is 6.42 Å². The maximum atomic E-state index is 11.9. The molecule has 2 rings (SSSR count). The summed E-state index contributed by atoms with van der Waals surface area (Å²) in [7, 11) is 1.78. The van der Waals surface area contributed by atoms with Gasteiger partial charge < -0.3 is 10.6 Å². The highest BCUT2D eigenvalue weighted by molar-refractivity contribution is 7.07. The number of amides is 1. The maximum absolute atomic E-state index is 11.9. The largest absolute Gasteiger partial charge is 0.373 e. The number of nitrogens with zero attached hydrogens (tertiary/aromatic N) is 1. The number of anilines is 1. The van der Waals surface area contributed by atoms with Crippen LogP contribution in [0.5, 0.6) is 0 Å². The fourth-order valence-corrected chi connectivity index (χ4v) is 2.27. The number of carbonyl (C=O) groups is 1. The number of hydrogen-bond donors (Lipinski definition) is 2. The third-order valence-electron chi connectivity index (χ3n) is 2.56. The van der Waals surface area contributed by atoms with Gasteiger partial charge in [0.2, 0.25) is 0 Å². The molecule has 0 aliphatic heterocycles. The van der Waals surface area contributed by atoms with Crippen LogP contribution in [0.4, 0.5) is 5.82 Å². The molecule has 2 N–H and O–H groups in total. The molecule has 2 aromatic heterocycles. The summed E-state index contributed by atoms with van der Waals surface area (Å²) in [6.07, 6.45) is 2.48. The number of pyridine rings is 1. The second-order valence-corrected chi connectivity index (χ2v) is 4.60. The van der Waals surface area contributed by atoms with Crippen molar-refractivity contribution in [3.05, 3.63) is 46.3 Å². The molecule has 0 unspecified atom stereocenters. The van der Waals surface area contributed by atoms with Crippen LogP contribution in [0.1, 0.15) is 15.9 Å². The van der Waals surface area contributed by atoms with Gasteiger partial charge in [0.05, 0.1) is 0 Å². The first-order chi connectivity index (χ1) is 8.79. The Balaban J connectivity index is 1.87. The van der Waals surface area contributed by atoms with Gasteiger partial charge in [-0.3, -0.25) is 4.79 Å². The third-order valence-corrected chi connectivity index (χ3v) is 3.29. The smallest absolute Gasteiger partial charge is 0.251 e. The van der Waals surface area contributed by atoms with Gasteiger partial charge in [-0.2, -0.15) is 11.3 Å². The SMILES string of the molecule is CNc1cc(C(=O)NCCc2ccsc2)ccn1. The zero-order valence-corrected chi connectivity index (χ0v) is 11.0. The van der Waals surface area contributed by atoms with Crippen molar-refractivity contribution < 1.29 is 4.79 Å². The van der Waals surface area contributed by atoms with E-state index in [1.165, 1.54) is 5.56 Å². The predicted molar refractivity (Wildman–Crippen MR) is 74.1 cm³/mol. The monoisotopic (exact) mass is 261 g/mol. The van der Waals surface area contributed by atoms with Gasteiger partial charge in [0.25, 0.3) is 5.91 Å². The van der Waals surface area contributed by atoms with Crippen LogP contribution >= 0.6 is 11.3 Å². The summed E-state index contributed by atoms with van der Waals surface area (Å²) in [5.74, 6) is 0.629. The molecule has 0 fully saturated rings. The van der Waals surface area contributed by atoms with E-state index in [2.05, 4.69) is 27.1 Å². The van der Waals surface area contributed by atoms with Crippen LogP contribution in [-0.2, 0) is 6.42 Å². The van der Waals surface area contributed by atoms with E-state index < -0.39 is 0 Å². The van der Waals surface area contributed by atoms with Crippen LogP contribution in [0.2, 0.25) is 0 Å². The Kier molecular flexibility index (Phi) is 4.30. The van der Waals surface area contributed by atoms with Gasteiger partial charge in [-0.15, -0.1) is 0 Å². The molecule has 1 amide bonds. The van der Waals surface area contributed by atoms with Gasteiger partial charge in [-0.05, 0) is 40.9 Å². The van der Waals surface area contributed by atoms with Gasteiger partial charge in [-0.25, -0.2) is 4.98 Å². The van der Waals surface area contributed by atoms with E-state index in [9.17, 15) is 4.79 Å². The number of hydrogen-bond acceptors (Lipinski definition) is 4. The lowest BCUT2D eigenvalue weighted by molar-refractivity contribution is 0.0954. The summed E-state index contributed by atoms with van der Waals surface area (Å²) in [5, 5.41) is 9.95. The standard InChI is InChI=1S/C13H15N3OS/c1-14-12-8-11(3-6-15-12)13(17)16-5-2-10-4-7-18-9-10/h3-4,6-9H,2,5H2,1H3,(H,14,15)(H,16,17). The van der Waals surface area contributed by atoms with Gasteiger partial charge in [-0.1, -0.05) is 0 Å². The topological polar surface area (TPSA) is 54.0 Å². The average Bonchev–Trinajstić information content (AvgIpc) is 2.92. The van der Waals surface area contributed by atoms with Crippen molar-refractivity contribution in [2.75, 3.05) is 18.9 Å². The van der Waals surface area contributed by atoms with E-state index >= 15 is 0 Å². The lowest BCUT2D eigenvalue weighted by atomic mass is 10.2. The zero-order valence-electron chi connectivity index (χ0n) is 10.1. The number of rotatable bonds is 5. The molecule has 2 heterocycles. The highest BCUT2D eigenvalue weighted by Crippen LogP contribution is 2.07. The van der Waals surface area contributed by atoms with E-state index in [4.69, 9.17) is 0 Å². The Morgan fingerprint density at radius 3 is 3.06 bits per heavy atom. The van der Waals surface area contributed by atoms with E-state index in [-0.39, 0.29) is 5.91 Å². The Morgan fingerprint density at radius 1 is 1.44 bits per heavy atom. The Morgan fingerprint density at radius 2 is 2.33 bits per heavy atom. The second kappa shape index (κ2) is 6.16. The minimum absolute atomic E-state index is 0.0656. The molecule has 0 spiro atoms. The normalized spacial score (nSPS) is 10.1. The summed E-state index contributed by atoms with van der Waals surface area (Å²) >= 11 is 1.67. The van der Waals surface area contributed by atoms with Crippen molar-refractivity contribution in [3.63, 3.8) is 0 Å². The molecule has 0 atom stereocenters. The molecule has 0 aliphatic rings. The molecule has 2 aromatic rings. The van der Waals surface area contributed by atoms with Crippen molar-refractivity contribution in [2.24, 2.45) is 0 Å². The average molecular weight is 261 g/mol. The fourth-order valence-electron chi connectivity index (χ4n) is 1.57. The first-order valence-electron chi connectivity index (χ1n) is 5.72. The Labute approximate surface area is 110 Å². The molecule has 0 saturated carbocycles. The quantitative estimate of drug-likeness (QED) is 0.867. The lowest BCUT2D eigenvalue weighted by Gasteiger charge is -2.05. The summed E-state index contributed by atoms with van der Waals surface area (Å²) in [5.41, 5.74) is 1.88. The van der Waals surface area contributed by atoms with Crippen LogP contribution in [0.15, 0.2) is 35.2 Å². The second-order valence-electron chi connectivity index (χ2n) is 3.82. The van der Waals surface area contributed by atoms with Gasteiger partial charge in [0.1, 0.15) is 5.82 Å². The van der Waals surface area contributed by atoms with Crippen molar-refractivity contribution in [3.8, 4) is 0 Å². The third kappa shape index (κ3) is 3.30. The molecular weight excluding hydrogens is 246 g/mol. The molecule has 5 heteroatoms. The number of carbonyl (C=O) groups excluding carboxylic acids is 1. The van der Waals surface area contributed by atoms with Crippen LogP contribution < -0.4 is 10.6 Å². The minimum atomic E-state index is -0.0656. The fraction of sp³-hybridized carbons (Fsp3) is 0.231. The molecule has 0 aromatic carbocycles.